The molecule has 18 heavy (non-hydrogen) atoms. The van der Waals surface area contributed by atoms with Crippen LogP contribution in [0.1, 0.15) is 62.3 Å². The molecule has 0 radical (unpaired) electrons. The SMILES string of the molecule is CC(C)(C)P(=[N][Ge]([CH3])([CH3])[CH3])(C(C)(C)C)C(C)(C)C. The zero-order valence-corrected chi connectivity index (χ0v) is 17.9. The Morgan fingerprint density at radius 2 is 0.833 bits per heavy atom. The van der Waals surface area contributed by atoms with Crippen LogP contribution < -0.4 is 0 Å². The molecule has 0 aliphatic carbocycles. The Bertz CT molecular complexity index is 300. The standard InChI is InChI=1S/C15H36GeNP/c1-13(2,3)18(14(4,5)6,15(7,8)9)17-16(10,11)12/h1-12H3. The molecule has 110 valence electrons. The van der Waals surface area contributed by atoms with Gasteiger partial charge in [0.1, 0.15) is 0 Å². The van der Waals surface area contributed by atoms with Gasteiger partial charge < -0.3 is 0 Å². The van der Waals surface area contributed by atoms with Gasteiger partial charge in [-0.3, -0.25) is 0 Å². The molecule has 0 amide bonds. The molecule has 0 rings (SSSR count). The van der Waals surface area contributed by atoms with Gasteiger partial charge in [-0.1, -0.05) is 0 Å². The minimum absolute atomic E-state index is 0.280. The zero-order valence-electron chi connectivity index (χ0n) is 14.9. The van der Waals surface area contributed by atoms with Crippen molar-refractivity contribution in [1.29, 1.82) is 0 Å². The van der Waals surface area contributed by atoms with E-state index in [1.807, 2.05) is 0 Å². The van der Waals surface area contributed by atoms with E-state index in [0.717, 1.165) is 0 Å². The Hall–Kier alpha value is 0.773. The van der Waals surface area contributed by atoms with Crippen molar-refractivity contribution < 1.29 is 0 Å². The van der Waals surface area contributed by atoms with E-state index < -0.39 is 20.5 Å². The van der Waals surface area contributed by atoms with Crippen LogP contribution in [0.5, 0.6) is 0 Å². The summed E-state index contributed by atoms with van der Waals surface area (Å²) in [5.74, 6) is 7.29. The van der Waals surface area contributed by atoms with Gasteiger partial charge in [-0.2, -0.15) is 0 Å². The minimum atomic E-state index is -1.96. The molecule has 1 nitrogen and oxygen atoms in total. The second-order valence-electron chi connectivity index (χ2n) is 9.42. The molecular weight excluding hydrogens is 298 g/mol. The van der Waals surface area contributed by atoms with E-state index in [1.54, 1.807) is 0 Å². The van der Waals surface area contributed by atoms with Crippen LogP contribution in [0.2, 0.25) is 17.3 Å². The molecule has 0 N–H and O–H groups in total. The van der Waals surface area contributed by atoms with Crippen molar-refractivity contribution in [2.24, 2.45) is 3.70 Å². The predicted octanol–water partition coefficient (Wildman–Crippen LogP) is 6.42. The molecule has 0 fully saturated rings. The van der Waals surface area contributed by atoms with Crippen LogP contribution in [0.4, 0.5) is 0 Å². The van der Waals surface area contributed by atoms with Gasteiger partial charge in [-0.05, 0) is 0 Å². The van der Waals surface area contributed by atoms with Crippen LogP contribution in [0, 0.1) is 0 Å². The molecule has 0 aliphatic rings. The first kappa shape index (κ1) is 18.8. The Morgan fingerprint density at radius 1 is 0.611 bits per heavy atom. The van der Waals surface area contributed by atoms with Crippen molar-refractivity contribution in [2.45, 2.75) is 95.1 Å². The molecule has 0 aromatic carbocycles. The van der Waals surface area contributed by atoms with Gasteiger partial charge in [-0.15, -0.1) is 0 Å². The maximum atomic E-state index is 5.65. The van der Waals surface area contributed by atoms with E-state index in [4.69, 9.17) is 3.70 Å². The number of hydrogen-bond donors (Lipinski definition) is 0. The summed E-state index contributed by atoms with van der Waals surface area (Å²) in [5, 5.41) is 0.839. The summed E-state index contributed by atoms with van der Waals surface area (Å²) in [5.41, 5.74) is 0. The second-order valence-corrected chi connectivity index (χ2v) is 25.3. The fraction of sp³-hybridized carbons (Fsp3) is 1.00. The molecule has 0 unspecified atom stereocenters. The predicted molar refractivity (Wildman–Crippen MR) is 92.0 cm³/mol. The first-order valence-electron chi connectivity index (χ1n) is 7.09. The number of rotatable bonds is 1. The maximum absolute atomic E-state index is 5.65. The van der Waals surface area contributed by atoms with E-state index >= 15 is 0 Å². The molecule has 0 bridgehead atoms. The first-order valence-corrected chi connectivity index (χ1v) is 16.1. The molecule has 0 aromatic rings. The third-order valence-corrected chi connectivity index (χ3v) is 15.8. The molecular formula is C15H36GeNP. The van der Waals surface area contributed by atoms with Crippen LogP contribution in [0.3, 0.4) is 0 Å². The topological polar surface area (TPSA) is 12.4 Å². The fourth-order valence-corrected chi connectivity index (χ4v) is 23.1. The van der Waals surface area contributed by atoms with Crippen molar-refractivity contribution in [3.8, 4) is 0 Å². The van der Waals surface area contributed by atoms with Crippen molar-refractivity contribution in [3.63, 3.8) is 0 Å². The summed E-state index contributed by atoms with van der Waals surface area (Å²) in [6.07, 6.45) is 0. The monoisotopic (exact) mass is 335 g/mol. The van der Waals surface area contributed by atoms with Crippen LogP contribution in [-0.2, 0) is 0 Å². The molecule has 0 aromatic heterocycles. The van der Waals surface area contributed by atoms with Crippen molar-refractivity contribution in [2.75, 3.05) is 0 Å². The second kappa shape index (κ2) is 4.95. The van der Waals surface area contributed by atoms with Crippen molar-refractivity contribution in [1.82, 2.24) is 0 Å². The quantitative estimate of drug-likeness (QED) is 0.388. The third-order valence-electron chi connectivity index (χ3n) is 3.36. The summed E-state index contributed by atoms with van der Waals surface area (Å²) >= 11 is -1.96. The molecule has 0 spiro atoms. The van der Waals surface area contributed by atoms with Crippen LogP contribution >= 0.6 is 7.05 Å². The summed E-state index contributed by atoms with van der Waals surface area (Å²) in [6.45, 7) is 21.7. The Kier molecular flexibility index (Phi) is 5.17. The Morgan fingerprint density at radius 3 is 0.889 bits per heavy atom. The Balaban J connectivity index is 6.59. The Labute approximate surface area is 119 Å². The van der Waals surface area contributed by atoms with Crippen LogP contribution in [-0.4, -0.2) is 29.0 Å². The summed E-state index contributed by atoms with van der Waals surface area (Å²) < 4.78 is 5.65. The summed E-state index contributed by atoms with van der Waals surface area (Å²) in [4.78, 5) is 0. The average molecular weight is 334 g/mol. The fourth-order valence-electron chi connectivity index (χ4n) is 3.92. The van der Waals surface area contributed by atoms with Gasteiger partial charge in [0.15, 0.2) is 0 Å². The molecule has 3 heteroatoms. The van der Waals surface area contributed by atoms with Gasteiger partial charge >= 0.3 is 119 Å². The van der Waals surface area contributed by atoms with E-state index in [2.05, 4.69) is 79.6 Å². The van der Waals surface area contributed by atoms with Crippen LogP contribution in [0.15, 0.2) is 3.70 Å². The van der Waals surface area contributed by atoms with Gasteiger partial charge in [0, 0.05) is 0 Å². The van der Waals surface area contributed by atoms with E-state index in [1.165, 1.54) is 0 Å². The van der Waals surface area contributed by atoms with Crippen molar-refractivity contribution >= 4 is 20.5 Å². The molecule has 0 aliphatic heterocycles. The van der Waals surface area contributed by atoms with E-state index in [9.17, 15) is 0 Å². The summed E-state index contributed by atoms with van der Waals surface area (Å²) in [6, 6.07) is 0. The van der Waals surface area contributed by atoms with Crippen molar-refractivity contribution in [3.05, 3.63) is 0 Å². The molecule has 0 atom stereocenters. The third kappa shape index (κ3) is 3.66. The van der Waals surface area contributed by atoms with E-state index in [0.29, 0.717) is 0 Å². The zero-order chi connectivity index (χ0) is 15.2. The van der Waals surface area contributed by atoms with Crippen LogP contribution in [0.25, 0.3) is 0 Å². The average Bonchev–Trinajstić information content (AvgIpc) is 1.90. The number of hydrogen-bond acceptors (Lipinski definition) is 1. The van der Waals surface area contributed by atoms with E-state index in [-0.39, 0.29) is 15.5 Å². The molecule has 0 heterocycles. The number of nitrogens with zero attached hydrogens (tertiary/aromatic N) is 1. The normalized spacial score (nSPS) is 15.8. The summed E-state index contributed by atoms with van der Waals surface area (Å²) in [7, 11) is -1.46. The van der Waals surface area contributed by atoms with Gasteiger partial charge in [-0.25, -0.2) is 0 Å². The van der Waals surface area contributed by atoms with Gasteiger partial charge in [0.2, 0.25) is 0 Å². The molecule has 0 saturated carbocycles. The first-order chi connectivity index (χ1) is 7.46. The van der Waals surface area contributed by atoms with Gasteiger partial charge in [0.25, 0.3) is 0 Å². The molecule has 0 saturated heterocycles. The van der Waals surface area contributed by atoms with Gasteiger partial charge in [0.05, 0.1) is 0 Å².